The van der Waals surface area contributed by atoms with Gasteiger partial charge in [-0.3, -0.25) is 0 Å². The van der Waals surface area contributed by atoms with Crippen LogP contribution in [0.15, 0.2) is 24.8 Å². The first-order valence-electron chi connectivity index (χ1n) is 10.2. The molecule has 0 aromatic rings. The summed E-state index contributed by atoms with van der Waals surface area (Å²) in [5.74, 6) is -0.0992. The second kappa shape index (κ2) is 15.5. The van der Waals surface area contributed by atoms with Gasteiger partial charge in [-0.15, -0.1) is 0 Å². The lowest BCUT2D eigenvalue weighted by atomic mass is 9.83. The molecule has 0 aliphatic heterocycles. The van der Waals surface area contributed by atoms with Crippen LogP contribution in [0.1, 0.15) is 86.5 Å². The summed E-state index contributed by atoms with van der Waals surface area (Å²) in [6.07, 6.45) is 8.50. The third-order valence-electron chi connectivity index (χ3n) is 4.37. The van der Waals surface area contributed by atoms with Crippen LogP contribution >= 0.6 is 0 Å². The maximum absolute atomic E-state index is 10.8. The average Bonchev–Trinajstić information content (AvgIpc) is 2.58. The van der Waals surface area contributed by atoms with Crippen LogP contribution in [0.25, 0.3) is 0 Å². The largest absolute Gasteiger partial charge is 0.478 e. The lowest BCUT2D eigenvalue weighted by Crippen LogP contribution is -2.12. The Morgan fingerprint density at radius 3 is 2.19 bits per heavy atom. The van der Waals surface area contributed by atoms with Gasteiger partial charge in [0.05, 0.1) is 6.61 Å². The van der Waals surface area contributed by atoms with E-state index in [1.807, 2.05) is 0 Å². The van der Waals surface area contributed by atoms with E-state index in [1.54, 1.807) is 0 Å². The standard InChI is InChI=1S/C12H22O2.C11H20O2/c1-9(8-12(3,4)5)6-7-10(2)11(13)14;1-4-7-8-10(5-2)9-13-11(12)6-3/h9H,2,6-8H2,1,3-5H3,(H,13,14);6,10H,3-5,7-9H2,1-2H3. The number of carboxylic acid groups (broad SMARTS) is 1. The lowest BCUT2D eigenvalue weighted by molar-refractivity contribution is -0.139. The average molecular weight is 383 g/mol. The summed E-state index contributed by atoms with van der Waals surface area (Å²) in [5.41, 5.74) is 0.648. The van der Waals surface area contributed by atoms with Crippen LogP contribution in [-0.4, -0.2) is 23.7 Å². The zero-order chi connectivity index (χ0) is 21.5. The lowest BCUT2D eigenvalue weighted by Gasteiger charge is -2.23. The molecular formula is C23H42O4. The zero-order valence-corrected chi connectivity index (χ0v) is 18.5. The van der Waals surface area contributed by atoms with E-state index < -0.39 is 5.97 Å². The number of unbranched alkanes of at least 4 members (excludes halogenated alkanes) is 1. The Morgan fingerprint density at radius 2 is 1.78 bits per heavy atom. The Kier molecular flexibility index (Phi) is 15.8. The minimum Gasteiger partial charge on any atom is -0.478 e. The minimum atomic E-state index is -0.868. The Morgan fingerprint density at radius 1 is 1.19 bits per heavy atom. The van der Waals surface area contributed by atoms with Crippen LogP contribution in [0.2, 0.25) is 0 Å². The van der Waals surface area contributed by atoms with Gasteiger partial charge in [0.1, 0.15) is 0 Å². The number of carbonyl (C=O) groups excluding carboxylic acids is 1. The Bertz CT molecular complexity index is 446. The monoisotopic (exact) mass is 382 g/mol. The van der Waals surface area contributed by atoms with Crippen LogP contribution in [0.3, 0.4) is 0 Å². The van der Waals surface area contributed by atoms with Gasteiger partial charge in [-0.1, -0.05) is 74.0 Å². The molecule has 0 aliphatic carbocycles. The first-order valence-corrected chi connectivity index (χ1v) is 10.2. The van der Waals surface area contributed by atoms with Crippen molar-refractivity contribution in [3.63, 3.8) is 0 Å². The maximum atomic E-state index is 10.8. The summed E-state index contributed by atoms with van der Waals surface area (Å²) < 4.78 is 4.98. The van der Waals surface area contributed by atoms with Crippen molar-refractivity contribution in [1.82, 2.24) is 0 Å². The molecule has 0 bridgehead atoms. The Labute approximate surface area is 167 Å². The van der Waals surface area contributed by atoms with Crippen LogP contribution in [0.4, 0.5) is 0 Å². The number of rotatable bonds is 12. The molecule has 0 aliphatic rings. The molecule has 1 N–H and O–H groups in total. The normalized spacial score (nSPS) is 13.0. The van der Waals surface area contributed by atoms with Crippen LogP contribution in [-0.2, 0) is 14.3 Å². The van der Waals surface area contributed by atoms with Gasteiger partial charge in [-0.25, -0.2) is 9.59 Å². The fraction of sp³-hybridized carbons (Fsp3) is 0.739. The van der Waals surface area contributed by atoms with Crippen LogP contribution in [0, 0.1) is 17.3 Å². The van der Waals surface area contributed by atoms with Gasteiger partial charge >= 0.3 is 11.9 Å². The molecule has 4 heteroatoms. The molecule has 0 amide bonds. The molecule has 0 saturated heterocycles. The predicted octanol–water partition coefficient (Wildman–Crippen LogP) is 6.41. The van der Waals surface area contributed by atoms with Crippen molar-refractivity contribution in [1.29, 1.82) is 0 Å². The summed E-state index contributed by atoms with van der Waals surface area (Å²) >= 11 is 0. The molecule has 0 aromatic heterocycles. The highest BCUT2D eigenvalue weighted by molar-refractivity contribution is 5.85. The fourth-order valence-corrected chi connectivity index (χ4v) is 2.83. The van der Waals surface area contributed by atoms with E-state index in [0.29, 0.717) is 35.9 Å². The van der Waals surface area contributed by atoms with Gasteiger partial charge in [0.25, 0.3) is 0 Å². The number of hydrogen-bond donors (Lipinski definition) is 1. The van der Waals surface area contributed by atoms with Crippen molar-refractivity contribution in [2.24, 2.45) is 17.3 Å². The predicted molar refractivity (Wildman–Crippen MR) is 114 cm³/mol. The molecule has 27 heavy (non-hydrogen) atoms. The molecular weight excluding hydrogens is 340 g/mol. The van der Waals surface area contributed by atoms with E-state index in [1.165, 1.54) is 18.9 Å². The summed E-state index contributed by atoms with van der Waals surface area (Å²) in [7, 11) is 0. The maximum Gasteiger partial charge on any atom is 0.330 e. The van der Waals surface area contributed by atoms with E-state index in [2.05, 4.69) is 54.7 Å². The second-order valence-electron chi connectivity index (χ2n) is 8.57. The molecule has 0 heterocycles. The highest BCUT2D eigenvalue weighted by Crippen LogP contribution is 2.27. The van der Waals surface area contributed by atoms with Gasteiger partial charge in [-0.2, -0.15) is 0 Å². The SMILES string of the molecule is C=C(CCC(C)CC(C)(C)C)C(=O)O.C=CC(=O)OCC(CC)CCCC. The highest BCUT2D eigenvalue weighted by atomic mass is 16.5. The summed E-state index contributed by atoms with van der Waals surface area (Å²) in [6, 6.07) is 0. The number of carboxylic acids is 1. The molecule has 0 saturated carbocycles. The molecule has 4 nitrogen and oxygen atoms in total. The molecule has 2 unspecified atom stereocenters. The van der Waals surface area contributed by atoms with Crippen LogP contribution < -0.4 is 0 Å². The first-order chi connectivity index (χ1) is 12.5. The topological polar surface area (TPSA) is 63.6 Å². The van der Waals surface area contributed by atoms with E-state index >= 15 is 0 Å². The van der Waals surface area contributed by atoms with E-state index in [-0.39, 0.29) is 5.97 Å². The number of esters is 1. The summed E-state index contributed by atoms with van der Waals surface area (Å²) in [6.45, 7) is 20.5. The number of ether oxygens (including phenoxy) is 1. The number of hydrogen-bond acceptors (Lipinski definition) is 3. The second-order valence-corrected chi connectivity index (χ2v) is 8.57. The third-order valence-corrected chi connectivity index (χ3v) is 4.37. The van der Waals surface area contributed by atoms with Crippen molar-refractivity contribution in [3.05, 3.63) is 24.8 Å². The molecule has 0 radical (unpaired) electrons. The van der Waals surface area contributed by atoms with Gasteiger partial charge in [-0.05, 0) is 42.9 Å². The Hall–Kier alpha value is -1.58. The van der Waals surface area contributed by atoms with Crippen molar-refractivity contribution in [2.75, 3.05) is 6.61 Å². The molecule has 0 rings (SSSR count). The quantitative estimate of drug-likeness (QED) is 0.313. The molecule has 158 valence electrons. The zero-order valence-electron chi connectivity index (χ0n) is 18.5. The van der Waals surface area contributed by atoms with Crippen molar-refractivity contribution >= 4 is 11.9 Å². The van der Waals surface area contributed by atoms with E-state index in [0.717, 1.165) is 25.7 Å². The minimum absolute atomic E-state index is 0.310. The van der Waals surface area contributed by atoms with E-state index in [9.17, 15) is 9.59 Å². The number of aliphatic carboxylic acids is 1. The molecule has 0 aromatic carbocycles. The van der Waals surface area contributed by atoms with Crippen molar-refractivity contribution in [2.45, 2.75) is 86.5 Å². The van der Waals surface area contributed by atoms with Gasteiger partial charge in [0.2, 0.25) is 0 Å². The van der Waals surface area contributed by atoms with Gasteiger partial charge in [0, 0.05) is 11.6 Å². The van der Waals surface area contributed by atoms with Gasteiger partial charge in [0.15, 0.2) is 0 Å². The van der Waals surface area contributed by atoms with Crippen molar-refractivity contribution in [3.8, 4) is 0 Å². The van der Waals surface area contributed by atoms with Crippen LogP contribution in [0.5, 0.6) is 0 Å². The van der Waals surface area contributed by atoms with Gasteiger partial charge < -0.3 is 9.84 Å². The fourth-order valence-electron chi connectivity index (χ4n) is 2.83. The first kappa shape index (κ1) is 27.6. The Balaban J connectivity index is 0. The third kappa shape index (κ3) is 19.0. The summed E-state index contributed by atoms with van der Waals surface area (Å²) in [4.78, 5) is 21.3. The van der Waals surface area contributed by atoms with Crippen molar-refractivity contribution < 1.29 is 19.4 Å². The van der Waals surface area contributed by atoms with E-state index in [4.69, 9.17) is 9.84 Å². The molecule has 2 atom stereocenters. The molecule has 0 fully saturated rings. The molecule has 0 spiro atoms. The number of carbonyl (C=O) groups is 2. The smallest absolute Gasteiger partial charge is 0.330 e. The highest BCUT2D eigenvalue weighted by Gasteiger charge is 2.16. The summed E-state index contributed by atoms with van der Waals surface area (Å²) in [5, 5.41) is 8.63.